The lowest BCUT2D eigenvalue weighted by atomic mass is 10.0. The van der Waals surface area contributed by atoms with Gasteiger partial charge in [0.15, 0.2) is 0 Å². The Bertz CT molecular complexity index is 737. The zero-order valence-electron chi connectivity index (χ0n) is 15.5. The van der Waals surface area contributed by atoms with Crippen LogP contribution in [0.15, 0.2) is 24.5 Å². The van der Waals surface area contributed by atoms with Gasteiger partial charge < -0.3 is 4.90 Å². The lowest BCUT2D eigenvalue weighted by Crippen LogP contribution is -2.36. The number of carbonyl (C=O) groups is 1. The molecule has 1 unspecified atom stereocenters. The highest BCUT2D eigenvalue weighted by Crippen LogP contribution is 2.23. The highest BCUT2D eigenvalue weighted by atomic mass is 16.2. The third-order valence-electron chi connectivity index (χ3n) is 5.37. The molecule has 3 heterocycles. The average Bonchev–Trinajstić information content (AvgIpc) is 3.19. The van der Waals surface area contributed by atoms with Crippen LogP contribution in [0.3, 0.4) is 0 Å². The van der Waals surface area contributed by atoms with E-state index in [4.69, 9.17) is 0 Å². The smallest absolute Gasteiger partial charge is 0.223 e. The molecule has 0 radical (unpaired) electrons. The van der Waals surface area contributed by atoms with Gasteiger partial charge in [0.1, 0.15) is 0 Å². The highest BCUT2D eigenvalue weighted by Gasteiger charge is 2.28. The summed E-state index contributed by atoms with van der Waals surface area (Å²) in [4.78, 5) is 19.1. The summed E-state index contributed by atoms with van der Waals surface area (Å²) in [5.74, 6) is 0.289. The number of amides is 1. The van der Waals surface area contributed by atoms with E-state index >= 15 is 0 Å². The third kappa shape index (κ3) is 4.27. The molecule has 134 valence electrons. The molecule has 3 rings (SSSR count). The molecule has 0 bridgehead atoms. The van der Waals surface area contributed by atoms with E-state index in [9.17, 15) is 4.79 Å². The number of hydrogen-bond donors (Lipinski definition) is 0. The molecule has 0 saturated carbocycles. The second kappa shape index (κ2) is 7.81. The van der Waals surface area contributed by atoms with E-state index in [-0.39, 0.29) is 5.91 Å². The van der Waals surface area contributed by atoms with E-state index in [0.717, 1.165) is 50.0 Å². The van der Waals surface area contributed by atoms with Gasteiger partial charge in [0, 0.05) is 43.6 Å². The SMILES string of the molecule is Cc1cc(CCC2CCCN2C(=O)CCc2cnn(C)c2C)ccn1. The number of rotatable bonds is 6. The van der Waals surface area contributed by atoms with Crippen LogP contribution in [0.4, 0.5) is 0 Å². The van der Waals surface area contributed by atoms with E-state index in [0.29, 0.717) is 12.5 Å². The molecule has 5 nitrogen and oxygen atoms in total. The Morgan fingerprint density at radius 1 is 1.32 bits per heavy atom. The van der Waals surface area contributed by atoms with Gasteiger partial charge in [-0.1, -0.05) is 0 Å². The van der Waals surface area contributed by atoms with Crippen molar-refractivity contribution < 1.29 is 4.79 Å². The minimum absolute atomic E-state index is 0.289. The molecular weight excluding hydrogens is 312 g/mol. The summed E-state index contributed by atoms with van der Waals surface area (Å²) in [6.07, 6.45) is 9.43. The van der Waals surface area contributed by atoms with Gasteiger partial charge in [-0.05, 0) is 69.2 Å². The minimum Gasteiger partial charge on any atom is -0.340 e. The number of pyridine rings is 1. The summed E-state index contributed by atoms with van der Waals surface area (Å²) < 4.78 is 1.87. The minimum atomic E-state index is 0.289. The zero-order chi connectivity index (χ0) is 17.8. The molecule has 0 aromatic carbocycles. The zero-order valence-corrected chi connectivity index (χ0v) is 15.5. The van der Waals surface area contributed by atoms with Gasteiger partial charge in [0.25, 0.3) is 0 Å². The van der Waals surface area contributed by atoms with Crippen molar-refractivity contribution in [3.63, 3.8) is 0 Å². The topological polar surface area (TPSA) is 51.0 Å². The maximum atomic E-state index is 12.7. The van der Waals surface area contributed by atoms with Crippen LogP contribution in [0.1, 0.15) is 48.2 Å². The normalized spacial score (nSPS) is 17.2. The number of hydrogen-bond acceptors (Lipinski definition) is 3. The van der Waals surface area contributed by atoms with Crippen molar-refractivity contribution >= 4 is 5.91 Å². The van der Waals surface area contributed by atoms with Gasteiger partial charge in [-0.15, -0.1) is 0 Å². The molecule has 0 aliphatic carbocycles. The van der Waals surface area contributed by atoms with Crippen molar-refractivity contribution in [3.8, 4) is 0 Å². The molecule has 1 fully saturated rings. The van der Waals surface area contributed by atoms with Gasteiger partial charge >= 0.3 is 0 Å². The molecule has 1 aliphatic rings. The predicted molar refractivity (Wildman–Crippen MR) is 98.3 cm³/mol. The monoisotopic (exact) mass is 340 g/mol. The van der Waals surface area contributed by atoms with Crippen molar-refractivity contribution in [2.45, 2.75) is 58.4 Å². The molecule has 2 aromatic heterocycles. The van der Waals surface area contributed by atoms with E-state index in [2.05, 4.69) is 34.0 Å². The summed E-state index contributed by atoms with van der Waals surface area (Å²) in [6, 6.07) is 4.61. The number of likely N-dealkylation sites (tertiary alicyclic amines) is 1. The van der Waals surface area contributed by atoms with Crippen LogP contribution < -0.4 is 0 Å². The second-order valence-corrected chi connectivity index (χ2v) is 7.11. The fourth-order valence-electron chi connectivity index (χ4n) is 3.73. The van der Waals surface area contributed by atoms with Gasteiger partial charge in [0.05, 0.1) is 6.20 Å². The fourth-order valence-corrected chi connectivity index (χ4v) is 3.73. The first kappa shape index (κ1) is 17.6. The molecule has 1 saturated heterocycles. The van der Waals surface area contributed by atoms with Crippen molar-refractivity contribution in [1.29, 1.82) is 0 Å². The Balaban J connectivity index is 1.53. The molecule has 1 aliphatic heterocycles. The summed E-state index contributed by atoms with van der Waals surface area (Å²) in [6.45, 7) is 4.99. The predicted octanol–water partition coefficient (Wildman–Crippen LogP) is 2.99. The van der Waals surface area contributed by atoms with Crippen LogP contribution in [-0.4, -0.2) is 38.2 Å². The quantitative estimate of drug-likeness (QED) is 0.812. The van der Waals surface area contributed by atoms with Gasteiger partial charge in [-0.25, -0.2) is 0 Å². The van der Waals surface area contributed by atoms with Crippen molar-refractivity contribution in [1.82, 2.24) is 19.7 Å². The van der Waals surface area contributed by atoms with Crippen molar-refractivity contribution in [2.24, 2.45) is 7.05 Å². The summed E-state index contributed by atoms with van der Waals surface area (Å²) >= 11 is 0. The first-order chi connectivity index (χ1) is 12.0. The maximum Gasteiger partial charge on any atom is 0.223 e. The van der Waals surface area contributed by atoms with Gasteiger partial charge in [-0.2, -0.15) is 5.10 Å². The summed E-state index contributed by atoms with van der Waals surface area (Å²) in [5, 5.41) is 4.26. The number of aromatic nitrogens is 3. The van der Waals surface area contributed by atoms with Crippen LogP contribution in [-0.2, 0) is 24.7 Å². The molecule has 1 atom stereocenters. The van der Waals surface area contributed by atoms with Crippen LogP contribution in [0.25, 0.3) is 0 Å². The number of carbonyl (C=O) groups excluding carboxylic acids is 1. The Labute approximate surface area is 150 Å². The maximum absolute atomic E-state index is 12.7. The summed E-state index contributed by atoms with van der Waals surface area (Å²) in [5.41, 5.74) is 4.71. The van der Waals surface area contributed by atoms with E-state index in [1.54, 1.807) is 0 Å². The molecule has 5 heteroatoms. The first-order valence-corrected chi connectivity index (χ1v) is 9.23. The Kier molecular flexibility index (Phi) is 5.51. The standard InChI is InChI=1S/C20H28N4O/c1-15-13-17(10-11-21-15)6-8-19-5-4-12-24(19)20(25)9-7-18-14-22-23(3)16(18)2/h10-11,13-14,19H,4-9,12H2,1-3H3. The van der Waals surface area contributed by atoms with Crippen molar-refractivity contribution in [2.75, 3.05) is 6.54 Å². The first-order valence-electron chi connectivity index (χ1n) is 9.23. The molecule has 0 N–H and O–H groups in total. The van der Waals surface area contributed by atoms with E-state index in [1.807, 2.05) is 31.0 Å². The lowest BCUT2D eigenvalue weighted by molar-refractivity contribution is -0.132. The Morgan fingerprint density at radius 3 is 2.88 bits per heavy atom. The molecule has 25 heavy (non-hydrogen) atoms. The van der Waals surface area contributed by atoms with Crippen molar-refractivity contribution in [3.05, 3.63) is 47.0 Å². The largest absolute Gasteiger partial charge is 0.340 e. The van der Waals surface area contributed by atoms with Crippen LogP contribution in [0.5, 0.6) is 0 Å². The average molecular weight is 340 g/mol. The lowest BCUT2D eigenvalue weighted by Gasteiger charge is -2.25. The van der Waals surface area contributed by atoms with Crippen LogP contribution >= 0.6 is 0 Å². The molecule has 2 aromatic rings. The van der Waals surface area contributed by atoms with Crippen LogP contribution in [0, 0.1) is 13.8 Å². The molecule has 1 amide bonds. The summed E-state index contributed by atoms with van der Waals surface area (Å²) in [7, 11) is 1.94. The van der Waals surface area contributed by atoms with Gasteiger partial charge in [-0.3, -0.25) is 14.5 Å². The van der Waals surface area contributed by atoms with Gasteiger partial charge in [0.2, 0.25) is 5.91 Å². The van der Waals surface area contributed by atoms with Crippen LogP contribution in [0.2, 0.25) is 0 Å². The number of nitrogens with zero attached hydrogens (tertiary/aromatic N) is 4. The fraction of sp³-hybridized carbons (Fsp3) is 0.550. The van der Waals surface area contributed by atoms with E-state index in [1.165, 1.54) is 11.1 Å². The Hall–Kier alpha value is -2.17. The Morgan fingerprint density at radius 2 is 2.16 bits per heavy atom. The molecular formula is C20H28N4O. The number of aryl methyl sites for hydroxylation is 4. The second-order valence-electron chi connectivity index (χ2n) is 7.11. The molecule has 0 spiro atoms. The third-order valence-corrected chi connectivity index (χ3v) is 5.37. The highest BCUT2D eigenvalue weighted by molar-refractivity contribution is 5.77. The van der Waals surface area contributed by atoms with E-state index < -0.39 is 0 Å².